The molecule has 0 saturated carbocycles. The molecule has 0 saturated heterocycles. The Hall–Kier alpha value is -2.04. The first-order valence-electron chi connectivity index (χ1n) is 5.12. The number of hydrogen-bond acceptors (Lipinski definition) is 3. The van der Waals surface area contributed by atoms with Gasteiger partial charge in [0, 0.05) is 24.5 Å². The Morgan fingerprint density at radius 1 is 1.31 bits per heavy atom. The summed E-state index contributed by atoms with van der Waals surface area (Å²) in [5, 5.41) is 4.06. The Bertz CT molecular complexity index is 541. The quantitative estimate of drug-likeness (QED) is 0.822. The number of nitrogens with two attached hydrogens (primary N) is 1. The van der Waals surface area contributed by atoms with Gasteiger partial charge in [-0.2, -0.15) is 5.10 Å². The van der Waals surface area contributed by atoms with Crippen molar-refractivity contribution in [3.05, 3.63) is 46.5 Å². The molecule has 0 aliphatic rings. The summed E-state index contributed by atoms with van der Waals surface area (Å²) in [4.78, 5) is 11.7. The van der Waals surface area contributed by atoms with Crippen molar-refractivity contribution in [3.63, 3.8) is 0 Å². The SMILES string of the molecule is Cc1cccn(CCn2ccc(N)n2)c1=O. The molecule has 0 radical (unpaired) electrons. The Kier molecular flexibility index (Phi) is 2.76. The van der Waals surface area contributed by atoms with Crippen molar-refractivity contribution in [1.29, 1.82) is 0 Å². The third-order valence-electron chi connectivity index (χ3n) is 2.44. The van der Waals surface area contributed by atoms with Crippen LogP contribution in [0.4, 0.5) is 5.82 Å². The third kappa shape index (κ3) is 2.13. The highest BCUT2D eigenvalue weighted by atomic mass is 16.1. The summed E-state index contributed by atoms with van der Waals surface area (Å²) in [6.45, 7) is 3.05. The Labute approximate surface area is 93.1 Å². The van der Waals surface area contributed by atoms with Crippen LogP contribution in [0.15, 0.2) is 35.4 Å². The van der Waals surface area contributed by atoms with Gasteiger partial charge in [-0.3, -0.25) is 9.48 Å². The van der Waals surface area contributed by atoms with E-state index in [0.29, 0.717) is 18.9 Å². The van der Waals surface area contributed by atoms with Crippen LogP contribution in [0.2, 0.25) is 0 Å². The predicted octanol–water partition coefficient (Wildman–Crippen LogP) is 0.636. The summed E-state index contributed by atoms with van der Waals surface area (Å²) in [6, 6.07) is 5.41. The van der Waals surface area contributed by atoms with Crippen LogP contribution >= 0.6 is 0 Å². The second kappa shape index (κ2) is 4.22. The number of aryl methyl sites for hydroxylation is 3. The molecule has 5 nitrogen and oxygen atoms in total. The van der Waals surface area contributed by atoms with Crippen LogP contribution in [0, 0.1) is 6.92 Å². The summed E-state index contributed by atoms with van der Waals surface area (Å²) >= 11 is 0. The number of nitrogen functional groups attached to an aromatic ring is 1. The minimum Gasteiger partial charge on any atom is -0.382 e. The van der Waals surface area contributed by atoms with Crippen molar-refractivity contribution >= 4 is 5.82 Å². The van der Waals surface area contributed by atoms with Gasteiger partial charge in [-0.1, -0.05) is 6.07 Å². The average Bonchev–Trinajstić information content (AvgIpc) is 2.67. The van der Waals surface area contributed by atoms with E-state index in [1.165, 1.54) is 0 Å². The zero-order valence-electron chi connectivity index (χ0n) is 9.13. The summed E-state index contributed by atoms with van der Waals surface area (Å²) in [6.07, 6.45) is 3.58. The molecular formula is C11H14N4O. The van der Waals surface area contributed by atoms with Gasteiger partial charge >= 0.3 is 0 Å². The maximum atomic E-state index is 11.7. The van der Waals surface area contributed by atoms with Crippen LogP contribution in [0.3, 0.4) is 0 Å². The maximum absolute atomic E-state index is 11.7. The Morgan fingerprint density at radius 3 is 2.81 bits per heavy atom. The van der Waals surface area contributed by atoms with Crippen molar-refractivity contribution in [2.45, 2.75) is 20.0 Å². The van der Waals surface area contributed by atoms with Crippen LogP contribution in [-0.4, -0.2) is 14.3 Å². The maximum Gasteiger partial charge on any atom is 0.253 e. The van der Waals surface area contributed by atoms with Crippen molar-refractivity contribution in [3.8, 4) is 0 Å². The van der Waals surface area contributed by atoms with Gasteiger partial charge in [-0.25, -0.2) is 0 Å². The predicted molar refractivity (Wildman–Crippen MR) is 62.1 cm³/mol. The lowest BCUT2D eigenvalue weighted by Gasteiger charge is -2.06. The molecule has 2 heterocycles. The van der Waals surface area contributed by atoms with Gasteiger partial charge in [-0.05, 0) is 19.1 Å². The van der Waals surface area contributed by atoms with Gasteiger partial charge in [0.25, 0.3) is 5.56 Å². The van der Waals surface area contributed by atoms with Gasteiger partial charge in [0.1, 0.15) is 5.82 Å². The molecule has 0 aliphatic carbocycles. The van der Waals surface area contributed by atoms with Crippen molar-refractivity contribution in [1.82, 2.24) is 14.3 Å². The summed E-state index contributed by atoms with van der Waals surface area (Å²) in [5.41, 5.74) is 6.30. The highest BCUT2D eigenvalue weighted by Gasteiger charge is 1.99. The minimum atomic E-state index is 0.0441. The van der Waals surface area contributed by atoms with E-state index in [4.69, 9.17) is 5.73 Å². The van der Waals surface area contributed by atoms with Crippen LogP contribution in [0.1, 0.15) is 5.56 Å². The third-order valence-corrected chi connectivity index (χ3v) is 2.44. The number of rotatable bonds is 3. The molecule has 0 aromatic carbocycles. The molecule has 2 rings (SSSR count). The number of aromatic nitrogens is 3. The first-order valence-corrected chi connectivity index (χ1v) is 5.12. The van der Waals surface area contributed by atoms with E-state index >= 15 is 0 Å². The fourth-order valence-electron chi connectivity index (χ4n) is 1.54. The zero-order valence-corrected chi connectivity index (χ0v) is 9.13. The molecule has 0 aliphatic heterocycles. The van der Waals surface area contributed by atoms with Gasteiger partial charge in [0.05, 0.1) is 6.54 Å². The second-order valence-corrected chi connectivity index (χ2v) is 3.69. The fourth-order valence-corrected chi connectivity index (χ4v) is 1.54. The molecule has 0 spiro atoms. The Balaban J connectivity index is 2.11. The Morgan fingerprint density at radius 2 is 2.12 bits per heavy atom. The molecule has 2 N–H and O–H groups in total. The lowest BCUT2D eigenvalue weighted by molar-refractivity contribution is 0.524. The standard InChI is InChI=1S/C11H14N4O/c1-9-3-2-5-14(11(9)16)7-8-15-6-4-10(12)13-15/h2-6H,7-8H2,1H3,(H2,12,13). The van der Waals surface area contributed by atoms with Crippen LogP contribution in [-0.2, 0) is 13.1 Å². The topological polar surface area (TPSA) is 65.8 Å². The van der Waals surface area contributed by atoms with Gasteiger partial charge < -0.3 is 10.3 Å². The molecule has 2 aromatic heterocycles. The normalized spacial score (nSPS) is 10.6. The first kappa shape index (κ1) is 10.5. The van der Waals surface area contributed by atoms with E-state index in [0.717, 1.165) is 5.56 Å². The van der Waals surface area contributed by atoms with Gasteiger partial charge in [-0.15, -0.1) is 0 Å². The number of pyridine rings is 1. The molecule has 5 heteroatoms. The van der Waals surface area contributed by atoms with E-state index in [1.54, 1.807) is 27.7 Å². The highest BCUT2D eigenvalue weighted by molar-refractivity contribution is 5.23. The second-order valence-electron chi connectivity index (χ2n) is 3.69. The number of nitrogens with zero attached hydrogens (tertiary/aromatic N) is 3. The van der Waals surface area contributed by atoms with Gasteiger partial charge in [0.2, 0.25) is 0 Å². The molecular weight excluding hydrogens is 204 g/mol. The van der Waals surface area contributed by atoms with Crippen LogP contribution in [0.5, 0.6) is 0 Å². The van der Waals surface area contributed by atoms with E-state index in [1.807, 2.05) is 19.1 Å². The summed E-state index contributed by atoms with van der Waals surface area (Å²) in [5.74, 6) is 0.497. The monoisotopic (exact) mass is 218 g/mol. The summed E-state index contributed by atoms with van der Waals surface area (Å²) < 4.78 is 3.40. The minimum absolute atomic E-state index is 0.0441. The van der Waals surface area contributed by atoms with E-state index in [2.05, 4.69) is 5.10 Å². The van der Waals surface area contributed by atoms with Crippen molar-refractivity contribution in [2.24, 2.45) is 0 Å². The number of hydrogen-bond donors (Lipinski definition) is 1. The molecule has 0 amide bonds. The molecule has 2 aromatic rings. The first-order chi connectivity index (χ1) is 7.66. The lowest BCUT2D eigenvalue weighted by Crippen LogP contribution is -2.23. The smallest absolute Gasteiger partial charge is 0.253 e. The lowest BCUT2D eigenvalue weighted by atomic mass is 10.3. The average molecular weight is 218 g/mol. The molecule has 0 atom stereocenters. The molecule has 0 fully saturated rings. The van der Waals surface area contributed by atoms with Crippen LogP contribution < -0.4 is 11.3 Å². The summed E-state index contributed by atoms with van der Waals surface area (Å²) in [7, 11) is 0. The van der Waals surface area contributed by atoms with Crippen LogP contribution in [0.25, 0.3) is 0 Å². The highest BCUT2D eigenvalue weighted by Crippen LogP contribution is 1.96. The van der Waals surface area contributed by atoms with Gasteiger partial charge in [0.15, 0.2) is 0 Å². The van der Waals surface area contributed by atoms with E-state index < -0.39 is 0 Å². The van der Waals surface area contributed by atoms with E-state index in [9.17, 15) is 4.79 Å². The fraction of sp³-hybridized carbons (Fsp3) is 0.273. The zero-order chi connectivity index (χ0) is 11.5. The molecule has 0 bridgehead atoms. The molecule has 84 valence electrons. The van der Waals surface area contributed by atoms with Crippen molar-refractivity contribution < 1.29 is 0 Å². The van der Waals surface area contributed by atoms with E-state index in [-0.39, 0.29) is 5.56 Å². The van der Waals surface area contributed by atoms with Crippen molar-refractivity contribution in [2.75, 3.05) is 5.73 Å². The molecule has 16 heavy (non-hydrogen) atoms. The number of anilines is 1. The molecule has 0 unspecified atom stereocenters. The largest absolute Gasteiger partial charge is 0.382 e.